The van der Waals surface area contributed by atoms with E-state index in [1.807, 2.05) is 6.92 Å². The van der Waals surface area contributed by atoms with E-state index in [1.165, 1.54) is 18.3 Å². The van der Waals surface area contributed by atoms with Crippen molar-refractivity contribution in [3.8, 4) is 11.5 Å². The molecule has 2 aromatic rings. The molecule has 0 spiro atoms. The molecule has 130 valence electrons. The highest BCUT2D eigenvalue weighted by Gasteiger charge is 2.12. The highest BCUT2D eigenvalue weighted by molar-refractivity contribution is 5.95. The van der Waals surface area contributed by atoms with Crippen LogP contribution in [0.2, 0.25) is 0 Å². The van der Waals surface area contributed by atoms with Crippen molar-refractivity contribution in [2.45, 2.75) is 20.3 Å². The number of aromatic hydroxyl groups is 2. The first-order valence-corrected chi connectivity index (χ1v) is 7.87. The Labute approximate surface area is 146 Å². The zero-order valence-corrected chi connectivity index (χ0v) is 14.1. The molecule has 0 heterocycles. The van der Waals surface area contributed by atoms with Crippen molar-refractivity contribution in [3.63, 3.8) is 0 Å². The van der Waals surface area contributed by atoms with Gasteiger partial charge < -0.3 is 14.9 Å². The van der Waals surface area contributed by atoms with Crippen LogP contribution in [0, 0.1) is 6.92 Å². The first-order valence-electron chi connectivity index (χ1n) is 7.87. The Morgan fingerprint density at radius 3 is 2.24 bits per heavy atom. The van der Waals surface area contributed by atoms with E-state index in [2.05, 4.69) is 10.2 Å². The Hall–Kier alpha value is -3.15. The van der Waals surface area contributed by atoms with Gasteiger partial charge in [0.1, 0.15) is 17.1 Å². The first kappa shape index (κ1) is 18.2. The van der Waals surface area contributed by atoms with Crippen molar-refractivity contribution in [3.05, 3.63) is 58.7 Å². The quantitative estimate of drug-likeness (QED) is 0.479. The Kier molecular flexibility index (Phi) is 6.28. The summed E-state index contributed by atoms with van der Waals surface area (Å²) in [5, 5.41) is 27.1. The molecule has 0 atom stereocenters. The van der Waals surface area contributed by atoms with Gasteiger partial charge in [0.15, 0.2) is 0 Å². The number of phenols is 2. The Balaban J connectivity index is 2.08. The number of ether oxygens (including phenoxy) is 1. The topological polar surface area (TPSA) is 91.5 Å². The van der Waals surface area contributed by atoms with Crippen LogP contribution in [0.3, 0.4) is 0 Å². The second-order valence-corrected chi connectivity index (χ2v) is 5.45. The molecule has 0 amide bonds. The summed E-state index contributed by atoms with van der Waals surface area (Å²) in [5.41, 5.74) is 2.26. The number of phenolic OH excluding ortho intramolecular Hbond substituents is 2. The van der Waals surface area contributed by atoms with Crippen molar-refractivity contribution in [2.24, 2.45) is 10.2 Å². The van der Waals surface area contributed by atoms with Gasteiger partial charge in [0.25, 0.3) is 0 Å². The average molecular weight is 340 g/mol. The summed E-state index contributed by atoms with van der Waals surface area (Å²) >= 11 is 0. The van der Waals surface area contributed by atoms with Crippen LogP contribution in [0.5, 0.6) is 11.5 Å². The maximum atomic E-state index is 11.9. The zero-order chi connectivity index (χ0) is 18.2. The molecule has 0 aliphatic rings. The SMILES string of the molecule is CCCOC(=O)c1cc(C=NN=Cc2ccc(O)c(C)c2)ccc1O. The lowest BCUT2D eigenvalue weighted by atomic mass is 10.1. The monoisotopic (exact) mass is 340 g/mol. The number of benzene rings is 2. The minimum atomic E-state index is -0.572. The number of hydrogen-bond donors (Lipinski definition) is 2. The molecule has 0 radical (unpaired) electrons. The smallest absolute Gasteiger partial charge is 0.341 e. The molecule has 0 unspecified atom stereocenters. The Morgan fingerprint density at radius 1 is 1.04 bits per heavy atom. The molecule has 0 fully saturated rings. The summed E-state index contributed by atoms with van der Waals surface area (Å²) < 4.78 is 5.02. The predicted octanol–water partition coefficient (Wildman–Crippen LogP) is 3.43. The maximum Gasteiger partial charge on any atom is 0.341 e. The summed E-state index contributed by atoms with van der Waals surface area (Å²) in [6.45, 7) is 3.99. The fraction of sp³-hybridized carbons (Fsp3) is 0.211. The normalized spacial score (nSPS) is 11.3. The lowest BCUT2D eigenvalue weighted by Gasteiger charge is -2.05. The van der Waals surface area contributed by atoms with E-state index >= 15 is 0 Å². The minimum absolute atomic E-state index is 0.0931. The van der Waals surface area contributed by atoms with Gasteiger partial charge in [-0.3, -0.25) is 0 Å². The number of hydrogen-bond acceptors (Lipinski definition) is 6. The van der Waals surface area contributed by atoms with Crippen molar-refractivity contribution < 1.29 is 19.7 Å². The van der Waals surface area contributed by atoms with Gasteiger partial charge in [-0.1, -0.05) is 6.92 Å². The third-order valence-electron chi connectivity index (χ3n) is 3.38. The maximum absolute atomic E-state index is 11.9. The van der Waals surface area contributed by atoms with E-state index in [-0.39, 0.29) is 17.1 Å². The van der Waals surface area contributed by atoms with E-state index in [0.29, 0.717) is 18.6 Å². The van der Waals surface area contributed by atoms with Crippen LogP contribution in [-0.4, -0.2) is 35.2 Å². The number of aryl methyl sites for hydroxylation is 1. The summed E-state index contributed by atoms with van der Waals surface area (Å²) in [4.78, 5) is 11.9. The largest absolute Gasteiger partial charge is 0.508 e. The van der Waals surface area contributed by atoms with Crippen LogP contribution in [0.1, 0.15) is 40.4 Å². The fourth-order valence-corrected chi connectivity index (χ4v) is 2.03. The van der Waals surface area contributed by atoms with Crippen LogP contribution >= 0.6 is 0 Å². The highest BCUT2D eigenvalue weighted by Crippen LogP contribution is 2.19. The van der Waals surface area contributed by atoms with Crippen LogP contribution in [0.15, 0.2) is 46.6 Å². The molecule has 6 nitrogen and oxygen atoms in total. The fourth-order valence-electron chi connectivity index (χ4n) is 2.03. The minimum Gasteiger partial charge on any atom is -0.508 e. The Bertz CT molecular complexity index is 813. The van der Waals surface area contributed by atoms with Gasteiger partial charge in [-0.15, -0.1) is 0 Å². The molecule has 0 saturated carbocycles. The summed E-state index contributed by atoms with van der Waals surface area (Å²) in [7, 11) is 0. The highest BCUT2D eigenvalue weighted by atomic mass is 16.5. The van der Waals surface area contributed by atoms with Gasteiger partial charge in [-0.05, 0) is 66.4 Å². The molecule has 0 aliphatic heterocycles. The van der Waals surface area contributed by atoms with Crippen molar-refractivity contribution in [1.29, 1.82) is 0 Å². The van der Waals surface area contributed by atoms with E-state index in [1.54, 1.807) is 37.4 Å². The lowest BCUT2D eigenvalue weighted by Crippen LogP contribution is -2.06. The van der Waals surface area contributed by atoms with Gasteiger partial charge in [0.2, 0.25) is 0 Å². The molecule has 6 heteroatoms. The number of esters is 1. The van der Waals surface area contributed by atoms with Crippen molar-refractivity contribution in [1.82, 2.24) is 0 Å². The van der Waals surface area contributed by atoms with E-state index in [9.17, 15) is 15.0 Å². The first-order chi connectivity index (χ1) is 12.0. The third kappa shape index (κ3) is 5.17. The van der Waals surface area contributed by atoms with E-state index < -0.39 is 5.97 Å². The zero-order valence-electron chi connectivity index (χ0n) is 14.1. The molecule has 0 aromatic heterocycles. The molecule has 2 aromatic carbocycles. The van der Waals surface area contributed by atoms with Crippen LogP contribution < -0.4 is 0 Å². The molecule has 25 heavy (non-hydrogen) atoms. The summed E-state index contributed by atoms with van der Waals surface area (Å²) in [5.74, 6) is -0.480. The summed E-state index contributed by atoms with van der Waals surface area (Å²) in [6.07, 6.45) is 3.73. The van der Waals surface area contributed by atoms with Gasteiger partial charge in [0, 0.05) is 0 Å². The van der Waals surface area contributed by atoms with Crippen LogP contribution in [0.4, 0.5) is 0 Å². The number of rotatable bonds is 6. The van der Waals surface area contributed by atoms with E-state index in [4.69, 9.17) is 4.74 Å². The third-order valence-corrected chi connectivity index (χ3v) is 3.38. The van der Waals surface area contributed by atoms with E-state index in [0.717, 1.165) is 11.1 Å². The molecule has 0 aliphatic carbocycles. The van der Waals surface area contributed by atoms with Gasteiger partial charge in [-0.25, -0.2) is 4.79 Å². The molecular weight excluding hydrogens is 320 g/mol. The Morgan fingerprint density at radius 2 is 1.64 bits per heavy atom. The van der Waals surface area contributed by atoms with Crippen LogP contribution in [-0.2, 0) is 4.74 Å². The van der Waals surface area contributed by atoms with Gasteiger partial charge in [-0.2, -0.15) is 10.2 Å². The molecule has 2 N–H and O–H groups in total. The summed E-state index contributed by atoms with van der Waals surface area (Å²) in [6, 6.07) is 9.64. The standard InChI is InChI=1S/C19H20N2O4/c1-3-8-25-19(24)16-10-15(5-7-18(16)23)12-21-20-11-14-4-6-17(22)13(2)9-14/h4-7,9-12,22-23H,3,8H2,1-2H3. The second kappa shape index (κ2) is 8.63. The second-order valence-electron chi connectivity index (χ2n) is 5.45. The van der Waals surface area contributed by atoms with Crippen molar-refractivity contribution >= 4 is 18.4 Å². The van der Waals surface area contributed by atoms with Gasteiger partial charge in [0.05, 0.1) is 19.0 Å². The molecule has 2 rings (SSSR count). The number of carbonyl (C=O) groups excluding carboxylic acids is 1. The molecule has 0 saturated heterocycles. The average Bonchev–Trinajstić information content (AvgIpc) is 2.60. The van der Waals surface area contributed by atoms with Crippen LogP contribution in [0.25, 0.3) is 0 Å². The molecule has 0 bridgehead atoms. The number of carbonyl (C=O) groups is 1. The predicted molar refractivity (Wildman–Crippen MR) is 96.7 cm³/mol. The lowest BCUT2D eigenvalue weighted by molar-refractivity contribution is 0.0502. The van der Waals surface area contributed by atoms with Gasteiger partial charge >= 0.3 is 5.97 Å². The number of nitrogens with zero attached hydrogens (tertiary/aromatic N) is 2. The van der Waals surface area contributed by atoms with Crippen molar-refractivity contribution in [2.75, 3.05) is 6.61 Å². The molecular formula is C19H20N2O4.